The highest BCUT2D eigenvalue weighted by atomic mass is 79.9. The summed E-state index contributed by atoms with van der Waals surface area (Å²) in [5, 5.41) is 3.07. The van der Waals surface area contributed by atoms with Crippen LogP contribution in [-0.4, -0.2) is 10.7 Å². The lowest BCUT2D eigenvalue weighted by Crippen LogP contribution is -2.24. The third-order valence-corrected chi connectivity index (χ3v) is 5.04. The summed E-state index contributed by atoms with van der Waals surface area (Å²) in [6.45, 7) is 2.21. The van der Waals surface area contributed by atoms with Gasteiger partial charge in [0.1, 0.15) is 0 Å². The molecule has 0 aliphatic heterocycles. The van der Waals surface area contributed by atoms with Gasteiger partial charge in [-0.25, -0.2) is 0 Å². The number of benzene rings is 1. The van der Waals surface area contributed by atoms with Crippen LogP contribution in [0.5, 0.6) is 0 Å². The number of nitrogens with one attached hydrogen (secondary N) is 1. The topological polar surface area (TPSA) is 29.1 Å². The molecular weight excluding hydrogens is 326 g/mol. The molecule has 1 aliphatic carbocycles. The predicted octanol–water partition coefficient (Wildman–Crippen LogP) is 5.31. The lowest BCUT2D eigenvalue weighted by molar-refractivity contribution is -0.120. The van der Waals surface area contributed by atoms with Crippen LogP contribution in [-0.2, 0) is 11.2 Å². The third-order valence-electron chi connectivity index (χ3n) is 4.26. The molecule has 1 fully saturated rings. The van der Waals surface area contributed by atoms with E-state index in [0.717, 1.165) is 24.9 Å². The van der Waals surface area contributed by atoms with Crippen LogP contribution >= 0.6 is 15.9 Å². The smallest absolute Gasteiger partial charge is 0.227 e. The van der Waals surface area contributed by atoms with Gasteiger partial charge in [-0.2, -0.15) is 0 Å². The maximum atomic E-state index is 12.2. The number of carbonyl (C=O) groups excluding carboxylic acids is 1. The lowest BCUT2D eigenvalue weighted by atomic mass is 9.88. The van der Waals surface area contributed by atoms with Crippen LogP contribution in [0, 0.1) is 5.92 Å². The molecular formula is C18H26BrNO. The van der Waals surface area contributed by atoms with Crippen LogP contribution in [0.15, 0.2) is 24.3 Å². The van der Waals surface area contributed by atoms with Gasteiger partial charge in [0.2, 0.25) is 5.91 Å². The molecule has 1 amide bonds. The first-order chi connectivity index (χ1) is 10.2. The van der Waals surface area contributed by atoms with Crippen LogP contribution in [0.3, 0.4) is 0 Å². The van der Waals surface area contributed by atoms with Crippen LogP contribution in [0.2, 0.25) is 0 Å². The average Bonchev–Trinajstić information content (AvgIpc) is 2.50. The van der Waals surface area contributed by atoms with Crippen molar-refractivity contribution in [3.8, 4) is 0 Å². The van der Waals surface area contributed by atoms with Crippen molar-refractivity contribution in [2.45, 2.75) is 63.1 Å². The number of hydrogen-bond donors (Lipinski definition) is 1. The Balaban J connectivity index is 1.85. The molecule has 0 spiro atoms. The molecule has 2 nitrogen and oxygen atoms in total. The molecule has 1 unspecified atom stereocenters. The number of hydrogen-bond acceptors (Lipinski definition) is 1. The van der Waals surface area contributed by atoms with Gasteiger partial charge in [-0.3, -0.25) is 4.79 Å². The minimum absolute atomic E-state index is 0.201. The first-order valence-corrected chi connectivity index (χ1v) is 9.14. The maximum Gasteiger partial charge on any atom is 0.227 e. The van der Waals surface area contributed by atoms with Crippen LogP contribution in [0.25, 0.3) is 0 Å². The summed E-state index contributed by atoms with van der Waals surface area (Å²) in [7, 11) is 0. The Morgan fingerprint density at radius 2 is 1.90 bits per heavy atom. The maximum absolute atomic E-state index is 12.2. The van der Waals surface area contributed by atoms with E-state index < -0.39 is 0 Å². The number of rotatable bonds is 6. The van der Waals surface area contributed by atoms with Gasteiger partial charge >= 0.3 is 0 Å². The quantitative estimate of drug-likeness (QED) is 0.691. The van der Waals surface area contributed by atoms with E-state index in [1.807, 2.05) is 12.1 Å². The minimum Gasteiger partial charge on any atom is -0.326 e. The van der Waals surface area contributed by atoms with Gasteiger partial charge in [0, 0.05) is 16.4 Å². The van der Waals surface area contributed by atoms with E-state index in [9.17, 15) is 4.79 Å². The molecule has 0 bridgehead atoms. The summed E-state index contributed by atoms with van der Waals surface area (Å²) in [6, 6.07) is 8.31. The Kier molecular flexibility index (Phi) is 6.75. The molecule has 1 N–H and O–H groups in total. The molecule has 1 aromatic rings. The molecule has 1 aliphatic rings. The van der Waals surface area contributed by atoms with Crippen molar-refractivity contribution >= 4 is 27.5 Å². The van der Waals surface area contributed by atoms with Gasteiger partial charge in [0.05, 0.1) is 0 Å². The molecule has 1 atom stereocenters. The van der Waals surface area contributed by atoms with Gasteiger partial charge in [-0.15, -0.1) is 0 Å². The summed E-state index contributed by atoms with van der Waals surface area (Å²) >= 11 is 3.72. The third kappa shape index (κ3) is 5.46. The van der Waals surface area contributed by atoms with E-state index in [-0.39, 0.29) is 11.8 Å². The zero-order valence-corrected chi connectivity index (χ0v) is 14.5. The van der Waals surface area contributed by atoms with Gasteiger partial charge in [0.25, 0.3) is 0 Å². The van der Waals surface area contributed by atoms with Crippen LogP contribution in [0.4, 0.5) is 5.69 Å². The summed E-state index contributed by atoms with van der Waals surface area (Å²) in [5.74, 6) is 0.418. The Morgan fingerprint density at radius 3 is 2.52 bits per heavy atom. The van der Waals surface area contributed by atoms with Crippen molar-refractivity contribution in [1.82, 2.24) is 0 Å². The number of amides is 1. The van der Waals surface area contributed by atoms with Gasteiger partial charge in [-0.05, 0) is 43.4 Å². The number of carbonyl (C=O) groups is 1. The summed E-state index contributed by atoms with van der Waals surface area (Å²) < 4.78 is 0. The van der Waals surface area contributed by atoms with Crippen molar-refractivity contribution < 1.29 is 4.79 Å². The fourth-order valence-electron chi connectivity index (χ4n) is 3.00. The zero-order valence-electron chi connectivity index (χ0n) is 12.9. The van der Waals surface area contributed by atoms with Gasteiger partial charge in [0.15, 0.2) is 0 Å². The Morgan fingerprint density at radius 1 is 1.24 bits per heavy atom. The van der Waals surface area contributed by atoms with Crippen molar-refractivity contribution in [2.75, 3.05) is 5.32 Å². The molecule has 3 heteroatoms. The summed E-state index contributed by atoms with van der Waals surface area (Å²) in [4.78, 5) is 12.7. The number of halogens is 1. The zero-order chi connectivity index (χ0) is 15.1. The van der Waals surface area contributed by atoms with Crippen molar-refractivity contribution in [3.05, 3.63) is 29.8 Å². The second-order valence-corrected chi connectivity index (χ2v) is 7.41. The highest BCUT2D eigenvalue weighted by molar-refractivity contribution is 9.09. The molecule has 0 aromatic heterocycles. The van der Waals surface area contributed by atoms with Crippen molar-refractivity contribution in [1.29, 1.82) is 0 Å². The number of anilines is 1. The van der Waals surface area contributed by atoms with E-state index in [2.05, 4.69) is 40.3 Å². The summed E-state index contributed by atoms with van der Waals surface area (Å²) in [6.07, 6.45) is 9.21. The standard InChI is InChI=1S/C18H26BrNO/c1-2-6-16(19)13-14-9-11-17(12-10-14)20-18(21)15-7-4-3-5-8-15/h9-12,15-16H,2-8,13H2,1H3,(H,20,21). The van der Waals surface area contributed by atoms with E-state index >= 15 is 0 Å². The average molecular weight is 352 g/mol. The molecule has 0 radical (unpaired) electrons. The Hall–Kier alpha value is -0.830. The first kappa shape index (κ1) is 16.5. The Bertz CT molecular complexity index is 437. The molecule has 0 saturated heterocycles. The highest BCUT2D eigenvalue weighted by Gasteiger charge is 2.20. The molecule has 1 aromatic carbocycles. The fraction of sp³-hybridized carbons (Fsp3) is 0.611. The van der Waals surface area contributed by atoms with Crippen LogP contribution in [0.1, 0.15) is 57.4 Å². The predicted molar refractivity (Wildman–Crippen MR) is 93.0 cm³/mol. The first-order valence-electron chi connectivity index (χ1n) is 8.23. The second kappa shape index (κ2) is 8.57. The van der Waals surface area contributed by atoms with Crippen molar-refractivity contribution in [3.63, 3.8) is 0 Å². The van der Waals surface area contributed by atoms with Crippen LogP contribution < -0.4 is 5.32 Å². The molecule has 0 heterocycles. The van der Waals surface area contributed by atoms with E-state index in [4.69, 9.17) is 0 Å². The van der Waals surface area contributed by atoms with Crippen molar-refractivity contribution in [2.24, 2.45) is 5.92 Å². The van der Waals surface area contributed by atoms with Gasteiger partial charge in [-0.1, -0.05) is 60.7 Å². The summed E-state index contributed by atoms with van der Waals surface area (Å²) in [5.41, 5.74) is 2.25. The van der Waals surface area contributed by atoms with E-state index in [1.54, 1.807) is 0 Å². The molecule has 21 heavy (non-hydrogen) atoms. The molecule has 1 saturated carbocycles. The van der Waals surface area contributed by atoms with Gasteiger partial charge < -0.3 is 5.32 Å². The fourth-order valence-corrected chi connectivity index (χ4v) is 3.84. The normalized spacial score (nSPS) is 17.4. The molecule has 2 rings (SSSR count). The minimum atomic E-state index is 0.201. The molecule has 116 valence electrons. The SMILES string of the molecule is CCCC(Br)Cc1ccc(NC(=O)C2CCCCC2)cc1. The Labute approximate surface area is 136 Å². The second-order valence-electron chi connectivity index (χ2n) is 6.11. The van der Waals surface area contributed by atoms with E-state index in [1.165, 1.54) is 37.7 Å². The van der Waals surface area contributed by atoms with E-state index in [0.29, 0.717) is 4.83 Å². The monoisotopic (exact) mass is 351 g/mol. The number of alkyl halides is 1. The largest absolute Gasteiger partial charge is 0.326 e. The lowest BCUT2D eigenvalue weighted by Gasteiger charge is -2.20. The highest BCUT2D eigenvalue weighted by Crippen LogP contribution is 2.25.